The molecule has 0 saturated heterocycles. The molecule has 0 unspecified atom stereocenters. The summed E-state index contributed by atoms with van der Waals surface area (Å²) in [6.07, 6.45) is 4.27. The molecule has 0 N–H and O–H groups in total. The average Bonchev–Trinajstić information content (AvgIpc) is 2.67. The zero-order valence-electron chi connectivity index (χ0n) is 16.1. The lowest BCUT2D eigenvalue weighted by molar-refractivity contribution is -0.562. The molecule has 0 radical (unpaired) electrons. The molecule has 4 rings (SSSR count). The molecule has 164 valence electrons. The molecule has 31 heavy (non-hydrogen) atoms. The van der Waals surface area contributed by atoms with Gasteiger partial charge in [-0.25, -0.2) is 0 Å². The predicted octanol–water partition coefficient (Wildman–Crippen LogP) is 5.74. The quantitative estimate of drug-likeness (QED) is 0.153. The van der Waals surface area contributed by atoms with Gasteiger partial charge in [-0.2, -0.15) is 4.40 Å². The van der Waals surface area contributed by atoms with Crippen LogP contribution in [0.2, 0.25) is 0 Å². The number of pyridine rings is 2. The first kappa shape index (κ1) is 24.1. The fourth-order valence-corrected chi connectivity index (χ4v) is 3.02. The maximum atomic E-state index is 9.75. The molecule has 0 aliphatic heterocycles. The Balaban J connectivity index is 0.000000289. The number of hydrogen-bond donors (Lipinski definition) is 0. The van der Waals surface area contributed by atoms with Gasteiger partial charge in [0.05, 0.1) is 5.56 Å². The topological polar surface area (TPSA) is 8.20 Å². The van der Waals surface area contributed by atoms with Gasteiger partial charge in [-0.15, -0.1) is 4.40 Å². The lowest BCUT2D eigenvalue weighted by Crippen LogP contribution is -2.37. The molecule has 12 heteroatoms. The van der Waals surface area contributed by atoms with Gasteiger partial charge in [-0.05, 0) is 24.3 Å². The summed E-state index contributed by atoms with van der Waals surface area (Å²) < 4.78 is 82.5. The van der Waals surface area contributed by atoms with Gasteiger partial charge in [0.15, 0.2) is 12.4 Å². The van der Waals surface area contributed by atoms with Crippen molar-refractivity contribution in [2.24, 2.45) is 0 Å². The normalized spacial score (nSPS) is 11.4. The molecule has 4 aromatic rings. The van der Waals surface area contributed by atoms with Crippen LogP contribution in [0.15, 0.2) is 79.1 Å². The second-order valence-electron chi connectivity index (χ2n) is 6.20. The minimum absolute atomic E-state index is 1.21. The van der Waals surface area contributed by atoms with Gasteiger partial charge in [0.25, 0.3) is 22.4 Å². The van der Waals surface area contributed by atoms with E-state index in [1.807, 2.05) is 0 Å². The Labute approximate surface area is 172 Å². The number of aromatic nitrogens is 2. The van der Waals surface area contributed by atoms with Gasteiger partial charge in [-0.1, -0.05) is 18.2 Å². The molecule has 0 atom stereocenters. The van der Waals surface area contributed by atoms with Crippen molar-refractivity contribution in [1.29, 1.82) is 0 Å². The Morgan fingerprint density at radius 3 is 1.42 bits per heavy atom. The molecule has 3 aromatic heterocycles. The predicted molar refractivity (Wildman–Crippen MR) is 103 cm³/mol. The maximum Gasteiger partial charge on any atom is 0.673 e. The first-order valence-electron chi connectivity index (χ1n) is 8.89. The molecule has 0 bridgehead atoms. The number of hydrogen-bond acceptors (Lipinski definition) is 0. The van der Waals surface area contributed by atoms with Gasteiger partial charge in [0.1, 0.15) is 0 Å². The fourth-order valence-electron chi connectivity index (χ4n) is 3.02. The van der Waals surface area contributed by atoms with Crippen molar-refractivity contribution < 1.29 is 43.3 Å². The standard InChI is InChI=1S/C19H16N2.2BF4/c1-15-19(16-9-3-2-4-10-16)21-14-8-6-12-18(21)17-11-5-7-13-20(15)17;2*2-1(3,4)5/h2-14H,1H3;;/q+2;2*-1. The summed E-state index contributed by atoms with van der Waals surface area (Å²) in [6.45, 7) is 2.18. The fraction of sp³-hybridized carbons (Fsp3) is 0.0526. The number of fused-ring (bicyclic) bond motifs is 3. The zero-order chi connectivity index (χ0) is 23.2. The van der Waals surface area contributed by atoms with Gasteiger partial charge >= 0.3 is 14.5 Å². The van der Waals surface area contributed by atoms with Crippen molar-refractivity contribution >= 4 is 25.5 Å². The summed E-state index contributed by atoms with van der Waals surface area (Å²) in [5, 5.41) is 0. The third-order valence-electron chi connectivity index (χ3n) is 3.97. The van der Waals surface area contributed by atoms with Crippen LogP contribution in [0, 0.1) is 6.92 Å². The summed E-state index contributed by atoms with van der Waals surface area (Å²) in [7, 11) is -12.0. The molecular weight excluding hydrogens is 430 g/mol. The van der Waals surface area contributed by atoms with E-state index in [4.69, 9.17) is 0 Å². The molecule has 0 fully saturated rings. The van der Waals surface area contributed by atoms with Crippen LogP contribution in [0.3, 0.4) is 0 Å². The maximum absolute atomic E-state index is 9.75. The molecule has 2 nitrogen and oxygen atoms in total. The SMILES string of the molecule is Cc1c(-c2ccccc2)[n+]2ccccc2c2cccc[n+]12.F[B-](F)(F)F.F[B-](F)(F)F. The molecule has 0 amide bonds. The summed E-state index contributed by atoms with van der Waals surface area (Å²) in [5.41, 5.74) is 6.13. The second-order valence-corrected chi connectivity index (χ2v) is 6.20. The van der Waals surface area contributed by atoms with E-state index in [0.717, 1.165) is 0 Å². The smallest absolute Gasteiger partial charge is 0.418 e. The van der Waals surface area contributed by atoms with E-state index in [9.17, 15) is 34.5 Å². The highest BCUT2D eigenvalue weighted by Gasteiger charge is 2.26. The Morgan fingerprint density at radius 1 is 0.548 bits per heavy atom. The van der Waals surface area contributed by atoms with Crippen LogP contribution in [-0.2, 0) is 0 Å². The lowest BCUT2D eigenvalue weighted by atomic mass is 10.1. The molecule has 3 heterocycles. The Morgan fingerprint density at radius 2 is 0.935 bits per heavy atom. The molecule has 0 aliphatic rings. The minimum atomic E-state index is -6.00. The van der Waals surface area contributed by atoms with Gasteiger partial charge < -0.3 is 34.5 Å². The average molecular weight is 446 g/mol. The zero-order valence-corrected chi connectivity index (χ0v) is 16.1. The van der Waals surface area contributed by atoms with Gasteiger partial charge in [0, 0.05) is 31.2 Å². The Bertz CT molecular complexity index is 1120. The van der Waals surface area contributed by atoms with Crippen LogP contribution >= 0.6 is 0 Å². The first-order valence-corrected chi connectivity index (χ1v) is 8.89. The minimum Gasteiger partial charge on any atom is -0.418 e. The monoisotopic (exact) mass is 446 g/mol. The lowest BCUT2D eigenvalue weighted by Gasteiger charge is -2.03. The van der Waals surface area contributed by atoms with E-state index in [2.05, 4.69) is 94.8 Å². The van der Waals surface area contributed by atoms with Crippen LogP contribution in [0.4, 0.5) is 34.5 Å². The van der Waals surface area contributed by atoms with Crippen LogP contribution in [0.5, 0.6) is 0 Å². The van der Waals surface area contributed by atoms with E-state index in [-0.39, 0.29) is 0 Å². The Hall–Kier alpha value is -3.17. The first-order chi connectivity index (χ1) is 14.4. The van der Waals surface area contributed by atoms with Gasteiger partial charge in [-0.3, -0.25) is 0 Å². The van der Waals surface area contributed by atoms with Crippen LogP contribution in [0.25, 0.3) is 22.3 Å². The third kappa shape index (κ3) is 7.54. The number of halogens is 8. The Kier molecular flexibility index (Phi) is 7.59. The summed E-state index contributed by atoms with van der Waals surface area (Å²) in [4.78, 5) is 0. The van der Waals surface area contributed by atoms with Crippen molar-refractivity contribution in [3.63, 3.8) is 0 Å². The molecular formula is C19H16B2F8N2. The number of nitrogens with zero attached hydrogens (tertiary/aromatic N) is 2. The van der Waals surface area contributed by atoms with Crippen LogP contribution < -0.4 is 8.80 Å². The number of aryl methyl sites for hydroxylation is 1. The number of benzene rings is 1. The highest BCUT2D eigenvalue weighted by Crippen LogP contribution is 2.19. The summed E-state index contributed by atoms with van der Waals surface area (Å²) >= 11 is 0. The number of rotatable bonds is 1. The van der Waals surface area contributed by atoms with E-state index < -0.39 is 14.5 Å². The molecule has 0 aliphatic carbocycles. The van der Waals surface area contributed by atoms with Crippen molar-refractivity contribution in [3.8, 4) is 11.3 Å². The van der Waals surface area contributed by atoms with E-state index >= 15 is 0 Å². The molecule has 0 saturated carbocycles. The highest BCUT2D eigenvalue weighted by atomic mass is 19.5. The van der Waals surface area contributed by atoms with E-state index in [1.54, 1.807) is 0 Å². The third-order valence-corrected chi connectivity index (χ3v) is 3.97. The highest BCUT2D eigenvalue weighted by molar-refractivity contribution is 6.50. The van der Waals surface area contributed by atoms with Crippen LogP contribution in [0.1, 0.15) is 5.69 Å². The van der Waals surface area contributed by atoms with Crippen molar-refractivity contribution in [2.75, 3.05) is 0 Å². The van der Waals surface area contributed by atoms with Crippen molar-refractivity contribution in [1.82, 2.24) is 0 Å². The van der Waals surface area contributed by atoms with E-state index in [1.165, 1.54) is 28.0 Å². The molecule has 0 spiro atoms. The van der Waals surface area contributed by atoms with E-state index in [0.29, 0.717) is 0 Å². The van der Waals surface area contributed by atoms with Gasteiger partial charge in [0.2, 0.25) is 0 Å². The van der Waals surface area contributed by atoms with Crippen molar-refractivity contribution in [3.05, 3.63) is 84.8 Å². The van der Waals surface area contributed by atoms with Crippen molar-refractivity contribution in [2.45, 2.75) is 6.92 Å². The summed E-state index contributed by atoms with van der Waals surface area (Å²) in [6, 6.07) is 23.2. The largest absolute Gasteiger partial charge is 0.673 e. The second kappa shape index (κ2) is 9.76. The van der Waals surface area contributed by atoms with Crippen LogP contribution in [-0.4, -0.2) is 14.5 Å². The molecule has 1 aromatic carbocycles. The summed E-state index contributed by atoms with van der Waals surface area (Å²) in [5.74, 6) is 0.